The van der Waals surface area contributed by atoms with Crippen molar-refractivity contribution < 1.29 is 9.47 Å². The van der Waals surface area contributed by atoms with Gasteiger partial charge in [-0.25, -0.2) is 0 Å². The Morgan fingerprint density at radius 1 is 1.12 bits per heavy atom. The molecule has 0 aliphatic heterocycles. The van der Waals surface area contributed by atoms with E-state index in [0.29, 0.717) is 6.61 Å². The number of rotatable bonds is 5. The van der Waals surface area contributed by atoms with Gasteiger partial charge in [0.25, 0.3) is 0 Å². The summed E-state index contributed by atoms with van der Waals surface area (Å²) >= 11 is 3.53. The quantitative estimate of drug-likeness (QED) is 0.787. The number of ether oxygens (including phenoxy) is 2. The van der Waals surface area contributed by atoms with E-state index in [0.717, 1.165) is 29.0 Å². The molecule has 17 heavy (non-hydrogen) atoms. The average molecular weight is 301 g/mol. The van der Waals surface area contributed by atoms with Crippen LogP contribution >= 0.6 is 15.9 Å². The van der Waals surface area contributed by atoms with E-state index in [9.17, 15) is 0 Å². The second kappa shape index (κ2) is 6.29. The van der Waals surface area contributed by atoms with Crippen molar-refractivity contribution in [3.8, 4) is 11.5 Å². The monoisotopic (exact) mass is 300 g/mol. The third-order valence-corrected chi connectivity index (χ3v) is 2.83. The largest absolute Gasteiger partial charge is 0.492 e. The van der Waals surface area contributed by atoms with E-state index in [-0.39, 0.29) is 5.41 Å². The first kappa shape index (κ1) is 14.4. The molecule has 3 heteroatoms. The summed E-state index contributed by atoms with van der Waals surface area (Å²) < 4.78 is 12.3. The third kappa shape index (κ3) is 4.99. The highest BCUT2D eigenvalue weighted by Gasteiger charge is 2.13. The van der Waals surface area contributed by atoms with Crippen molar-refractivity contribution >= 4 is 15.9 Å². The highest BCUT2D eigenvalue weighted by atomic mass is 79.9. The van der Waals surface area contributed by atoms with Crippen LogP contribution in [0.15, 0.2) is 22.7 Å². The van der Waals surface area contributed by atoms with Gasteiger partial charge in [0.05, 0.1) is 13.2 Å². The van der Waals surface area contributed by atoms with Crippen LogP contribution in [-0.2, 0) is 0 Å². The zero-order valence-corrected chi connectivity index (χ0v) is 12.6. The maximum atomic E-state index is 5.79. The first-order valence-corrected chi connectivity index (χ1v) is 6.77. The molecule has 0 spiro atoms. The molecule has 0 bridgehead atoms. The highest BCUT2D eigenvalue weighted by Crippen LogP contribution is 2.35. The third-order valence-electron chi connectivity index (χ3n) is 2.05. The van der Waals surface area contributed by atoms with Gasteiger partial charge in [-0.2, -0.15) is 0 Å². The Kier molecular flexibility index (Phi) is 5.31. The summed E-state index contributed by atoms with van der Waals surface area (Å²) in [6.07, 6.45) is 1.000. The minimum Gasteiger partial charge on any atom is -0.492 e. The standard InChI is InChI=1S/C14H21BrO2/c1-5-9-16-11-7-6-8-12(13(11)15)17-10-14(2,3)4/h6-8H,5,9-10H2,1-4H3. The zero-order valence-electron chi connectivity index (χ0n) is 11.0. The van der Waals surface area contributed by atoms with Gasteiger partial charge in [-0.05, 0) is 39.9 Å². The van der Waals surface area contributed by atoms with E-state index in [4.69, 9.17) is 9.47 Å². The topological polar surface area (TPSA) is 18.5 Å². The van der Waals surface area contributed by atoms with Gasteiger partial charge in [-0.1, -0.05) is 33.8 Å². The number of benzene rings is 1. The predicted octanol–water partition coefficient (Wildman–Crippen LogP) is 4.66. The molecule has 0 saturated carbocycles. The fourth-order valence-electron chi connectivity index (χ4n) is 1.22. The number of hydrogen-bond acceptors (Lipinski definition) is 2. The number of halogens is 1. The van der Waals surface area contributed by atoms with Crippen LogP contribution in [0.25, 0.3) is 0 Å². The molecule has 0 aromatic heterocycles. The van der Waals surface area contributed by atoms with Crippen LogP contribution < -0.4 is 9.47 Å². The lowest BCUT2D eigenvalue weighted by Crippen LogP contribution is -2.17. The summed E-state index contributed by atoms with van der Waals surface area (Å²) in [5.74, 6) is 1.69. The molecule has 1 aromatic rings. The summed E-state index contributed by atoms with van der Waals surface area (Å²) in [5.41, 5.74) is 0.153. The summed E-state index contributed by atoms with van der Waals surface area (Å²) in [5, 5.41) is 0. The first-order valence-electron chi connectivity index (χ1n) is 5.98. The van der Waals surface area contributed by atoms with Crippen LogP contribution in [0.1, 0.15) is 34.1 Å². The zero-order chi connectivity index (χ0) is 12.9. The Balaban J connectivity index is 2.72. The summed E-state index contributed by atoms with van der Waals surface area (Å²) in [6, 6.07) is 5.85. The summed E-state index contributed by atoms with van der Waals surface area (Å²) in [4.78, 5) is 0. The van der Waals surface area contributed by atoms with Crippen LogP contribution in [0.4, 0.5) is 0 Å². The Morgan fingerprint density at radius 2 is 1.71 bits per heavy atom. The van der Waals surface area contributed by atoms with Gasteiger partial charge in [-0.3, -0.25) is 0 Å². The molecule has 0 radical (unpaired) electrons. The van der Waals surface area contributed by atoms with Gasteiger partial charge in [0, 0.05) is 0 Å². The fraction of sp³-hybridized carbons (Fsp3) is 0.571. The fourth-order valence-corrected chi connectivity index (χ4v) is 1.71. The van der Waals surface area contributed by atoms with Crippen molar-refractivity contribution in [3.63, 3.8) is 0 Å². The van der Waals surface area contributed by atoms with Crippen LogP contribution in [0.5, 0.6) is 11.5 Å². The summed E-state index contributed by atoms with van der Waals surface area (Å²) in [7, 11) is 0. The molecular formula is C14H21BrO2. The SMILES string of the molecule is CCCOc1cccc(OCC(C)(C)C)c1Br. The molecule has 0 aliphatic carbocycles. The van der Waals surface area contributed by atoms with Crippen LogP contribution in [-0.4, -0.2) is 13.2 Å². The lowest BCUT2D eigenvalue weighted by atomic mass is 9.99. The molecule has 1 rings (SSSR count). The van der Waals surface area contributed by atoms with Gasteiger partial charge in [0.1, 0.15) is 16.0 Å². The van der Waals surface area contributed by atoms with Gasteiger partial charge in [0.2, 0.25) is 0 Å². The van der Waals surface area contributed by atoms with Crippen LogP contribution in [0, 0.1) is 5.41 Å². The van der Waals surface area contributed by atoms with E-state index in [2.05, 4.69) is 43.6 Å². The van der Waals surface area contributed by atoms with Crippen molar-refractivity contribution in [1.82, 2.24) is 0 Å². The van der Waals surface area contributed by atoms with Crippen LogP contribution in [0.2, 0.25) is 0 Å². The summed E-state index contributed by atoms with van der Waals surface area (Å²) in [6.45, 7) is 9.95. The van der Waals surface area contributed by atoms with Crippen molar-refractivity contribution in [3.05, 3.63) is 22.7 Å². The Hall–Kier alpha value is -0.700. The number of hydrogen-bond donors (Lipinski definition) is 0. The smallest absolute Gasteiger partial charge is 0.137 e. The average Bonchev–Trinajstić information content (AvgIpc) is 2.25. The molecule has 96 valence electrons. The van der Waals surface area contributed by atoms with E-state index in [1.807, 2.05) is 18.2 Å². The minimum atomic E-state index is 0.153. The Morgan fingerprint density at radius 3 is 2.24 bits per heavy atom. The molecule has 0 N–H and O–H groups in total. The molecule has 0 heterocycles. The molecule has 0 saturated heterocycles. The van der Waals surface area contributed by atoms with E-state index in [1.54, 1.807) is 0 Å². The second-order valence-electron chi connectivity index (χ2n) is 5.27. The minimum absolute atomic E-state index is 0.153. The normalized spacial score (nSPS) is 11.4. The maximum Gasteiger partial charge on any atom is 0.137 e. The van der Waals surface area contributed by atoms with Crippen molar-refractivity contribution in [2.24, 2.45) is 5.41 Å². The molecule has 0 atom stereocenters. The van der Waals surface area contributed by atoms with Gasteiger partial charge in [0.15, 0.2) is 0 Å². The Bertz CT molecular complexity index is 356. The maximum absolute atomic E-state index is 5.79. The molecule has 0 fully saturated rings. The molecule has 1 aromatic carbocycles. The van der Waals surface area contributed by atoms with Gasteiger partial charge >= 0.3 is 0 Å². The first-order chi connectivity index (χ1) is 7.94. The predicted molar refractivity (Wildman–Crippen MR) is 74.9 cm³/mol. The van der Waals surface area contributed by atoms with E-state index >= 15 is 0 Å². The highest BCUT2D eigenvalue weighted by molar-refractivity contribution is 9.10. The lowest BCUT2D eigenvalue weighted by molar-refractivity contribution is 0.195. The van der Waals surface area contributed by atoms with Gasteiger partial charge in [-0.15, -0.1) is 0 Å². The van der Waals surface area contributed by atoms with Crippen molar-refractivity contribution in [2.45, 2.75) is 34.1 Å². The Labute approximate surface area is 112 Å². The van der Waals surface area contributed by atoms with Crippen LogP contribution in [0.3, 0.4) is 0 Å². The molecule has 0 unspecified atom stereocenters. The molecule has 2 nitrogen and oxygen atoms in total. The molecule has 0 aliphatic rings. The van der Waals surface area contributed by atoms with Crippen molar-refractivity contribution in [2.75, 3.05) is 13.2 Å². The van der Waals surface area contributed by atoms with E-state index < -0.39 is 0 Å². The molecular weight excluding hydrogens is 280 g/mol. The molecule has 0 amide bonds. The second-order valence-corrected chi connectivity index (χ2v) is 6.06. The lowest BCUT2D eigenvalue weighted by Gasteiger charge is -2.20. The van der Waals surface area contributed by atoms with Crippen molar-refractivity contribution in [1.29, 1.82) is 0 Å². The van der Waals surface area contributed by atoms with Gasteiger partial charge < -0.3 is 9.47 Å². The van der Waals surface area contributed by atoms with E-state index in [1.165, 1.54) is 0 Å².